The van der Waals surface area contributed by atoms with Crippen molar-refractivity contribution in [2.45, 2.75) is 44.2 Å². The Hall–Kier alpha value is -1.42. The number of hydrogen-bond acceptors (Lipinski definition) is 4. The summed E-state index contributed by atoms with van der Waals surface area (Å²) in [6.45, 7) is 2.15. The van der Waals surface area contributed by atoms with Gasteiger partial charge in [0.1, 0.15) is 5.69 Å². The molecule has 0 radical (unpaired) electrons. The summed E-state index contributed by atoms with van der Waals surface area (Å²) in [6.07, 6.45) is 5.11. The Bertz CT molecular complexity index is 553. The Morgan fingerprint density at radius 1 is 1.40 bits per heavy atom. The van der Waals surface area contributed by atoms with Crippen LogP contribution in [0, 0.1) is 5.92 Å². The summed E-state index contributed by atoms with van der Waals surface area (Å²) >= 11 is 0. The normalized spacial score (nSPS) is 28.2. The molecule has 3 aliphatic rings. The lowest BCUT2D eigenvalue weighted by Crippen LogP contribution is -2.23. The Kier molecular flexibility index (Phi) is 2.81. The van der Waals surface area contributed by atoms with E-state index in [2.05, 4.69) is 16.0 Å². The van der Waals surface area contributed by atoms with Crippen LogP contribution >= 0.6 is 0 Å². The largest absolute Gasteiger partial charge is 0.464 e. The zero-order valence-electron chi connectivity index (χ0n) is 11.8. The average molecular weight is 272 g/mol. The molecule has 2 heterocycles. The molecule has 4 rings (SSSR count). The van der Waals surface area contributed by atoms with Crippen molar-refractivity contribution in [3.63, 3.8) is 0 Å². The van der Waals surface area contributed by atoms with Crippen molar-refractivity contribution >= 4 is 5.97 Å². The number of pyridine rings is 1. The molecule has 4 heteroatoms. The van der Waals surface area contributed by atoms with Gasteiger partial charge in [0.05, 0.1) is 7.11 Å². The molecule has 1 saturated heterocycles. The predicted octanol–water partition coefficient (Wildman–Crippen LogP) is 2.34. The van der Waals surface area contributed by atoms with Crippen LogP contribution in [0.25, 0.3) is 0 Å². The van der Waals surface area contributed by atoms with Gasteiger partial charge in [-0.3, -0.25) is 4.90 Å². The van der Waals surface area contributed by atoms with Crippen LogP contribution in [0.15, 0.2) is 12.1 Å². The highest BCUT2D eigenvalue weighted by Gasteiger charge is 2.46. The Balaban J connectivity index is 1.59. The molecule has 4 nitrogen and oxygen atoms in total. The van der Waals surface area contributed by atoms with Crippen molar-refractivity contribution in [1.82, 2.24) is 9.88 Å². The molecule has 0 bridgehead atoms. The molecule has 0 N–H and O–H groups in total. The monoisotopic (exact) mass is 272 g/mol. The summed E-state index contributed by atoms with van der Waals surface area (Å²) in [5, 5.41) is 0. The molecule has 106 valence electrons. The van der Waals surface area contributed by atoms with Crippen LogP contribution in [-0.2, 0) is 11.3 Å². The number of hydrogen-bond donors (Lipinski definition) is 0. The molecule has 20 heavy (non-hydrogen) atoms. The third kappa shape index (κ3) is 2.22. The van der Waals surface area contributed by atoms with E-state index in [4.69, 9.17) is 4.74 Å². The Morgan fingerprint density at radius 3 is 2.85 bits per heavy atom. The van der Waals surface area contributed by atoms with Crippen LogP contribution in [0.5, 0.6) is 0 Å². The average Bonchev–Trinajstić information content (AvgIpc) is 3.37. The van der Waals surface area contributed by atoms with Gasteiger partial charge >= 0.3 is 5.97 Å². The molecule has 1 aliphatic heterocycles. The van der Waals surface area contributed by atoms with Crippen molar-refractivity contribution < 1.29 is 9.53 Å². The minimum absolute atomic E-state index is 0.320. The molecule has 3 fully saturated rings. The first-order chi connectivity index (χ1) is 9.74. The quantitative estimate of drug-likeness (QED) is 0.789. The second-order valence-electron chi connectivity index (χ2n) is 6.37. The lowest BCUT2D eigenvalue weighted by atomic mass is 10.1. The van der Waals surface area contributed by atoms with E-state index < -0.39 is 0 Å². The number of carbonyl (C=O) groups excluding carboxylic acids is 1. The number of aromatic nitrogens is 1. The van der Waals surface area contributed by atoms with Crippen molar-refractivity contribution in [2.24, 2.45) is 5.92 Å². The van der Waals surface area contributed by atoms with Crippen LogP contribution in [0.1, 0.15) is 53.3 Å². The highest BCUT2D eigenvalue weighted by atomic mass is 16.5. The summed E-state index contributed by atoms with van der Waals surface area (Å²) in [5.41, 5.74) is 2.77. The molecule has 0 aromatic carbocycles. The highest BCUT2D eigenvalue weighted by molar-refractivity contribution is 5.87. The van der Waals surface area contributed by atoms with E-state index in [9.17, 15) is 4.79 Å². The minimum Gasteiger partial charge on any atom is -0.464 e. The smallest absolute Gasteiger partial charge is 0.356 e. The number of rotatable bonds is 4. The number of likely N-dealkylation sites (tertiary alicyclic amines) is 1. The summed E-state index contributed by atoms with van der Waals surface area (Å²) in [5.74, 6) is 1.19. The summed E-state index contributed by atoms with van der Waals surface area (Å²) in [6, 6.07) is 4.90. The first-order valence-electron chi connectivity index (χ1n) is 7.58. The second-order valence-corrected chi connectivity index (χ2v) is 6.37. The number of nitrogens with zero attached hydrogens (tertiary/aromatic N) is 2. The van der Waals surface area contributed by atoms with Gasteiger partial charge in [0.2, 0.25) is 0 Å². The van der Waals surface area contributed by atoms with Crippen molar-refractivity contribution in [3.05, 3.63) is 29.1 Å². The van der Waals surface area contributed by atoms with Gasteiger partial charge in [0.15, 0.2) is 0 Å². The number of carbonyl (C=O) groups is 1. The molecular weight excluding hydrogens is 252 g/mol. The Morgan fingerprint density at radius 2 is 2.25 bits per heavy atom. The van der Waals surface area contributed by atoms with Crippen molar-refractivity contribution in [1.29, 1.82) is 0 Å². The van der Waals surface area contributed by atoms with Crippen LogP contribution < -0.4 is 0 Å². The van der Waals surface area contributed by atoms with Gasteiger partial charge in [-0.05, 0) is 55.8 Å². The molecule has 0 amide bonds. The van der Waals surface area contributed by atoms with E-state index >= 15 is 0 Å². The van der Waals surface area contributed by atoms with Crippen molar-refractivity contribution in [2.75, 3.05) is 13.7 Å². The third-order valence-electron chi connectivity index (χ3n) is 4.82. The van der Waals surface area contributed by atoms with Gasteiger partial charge < -0.3 is 4.74 Å². The van der Waals surface area contributed by atoms with Gasteiger partial charge in [0.25, 0.3) is 0 Å². The van der Waals surface area contributed by atoms with Crippen molar-refractivity contribution in [3.8, 4) is 0 Å². The number of esters is 1. The molecule has 2 unspecified atom stereocenters. The molecule has 1 aromatic rings. The minimum atomic E-state index is -0.320. The molecule has 2 atom stereocenters. The fraction of sp³-hybridized carbons (Fsp3) is 0.625. The van der Waals surface area contributed by atoms with Crippen LogP contribution in [0.4, 0.5) is 0 Å². The topological polar surface area (TPSA) is 42.4 Å². The van der Waals surface area contributed by atoms with Gasteiger partial charge in [0, 0.05) is 24.2 Å². The van der Waals surface area contributed by atoms with E-state index in [-0.39, 0.29) is 5.97 Å². The van der Waals surface area contributed by atoms with E-state index in [1.165, 1.54) is 44.9 Å². The SMILES string of the molecule is COC(=O)c1cc(CN2CCC3CC32)cc(C2CC2)n1. The maximum Gasteiger partial charge on any atom is 0.356 e. The van der Waals surface area contributed by atoms with Crippen LogP contribution in [-0.4, -0.2) is 35.5 Å². The number of piperidine rings is 1. The third-order valence-corrected chi connectivity index (χ3v) is 4.82. The van der Waals surface area contributed by atoms with Crippen LogP contribution in [0.3, 0.4) is 0 Å². The Labute approximate surface area is 119 Å². The first-order valence-corrected chi connectivity index (χ1v) is 7.58. The molecule has 2 saturated carbocycles. The highest BCUT2D eigenvalue weighted by Crippen LogP contribution is 2.45. The zero-order valence-corrected chi connectivity index (χ0v) is 11.8. The van der Waals surface area contributed by atoms with E-state index in [1.54, 1.807) is 0 Å². The summed E-state index contributed by atoms with van der Waals surface area (Å²) in [7, 11) is 1.42. The lowest BCUT2D eigenvalue weighted by molar-refractivity contribution is 0.0593. The second kappa shape index (κ2) is 4.55. The number of methoxy groups -OCH3 is 1. The van der Waals surface area contributed by atoms with Crippen LogP contribution in [0.2, 0.25) is 0 Å². The zero-order chi connectivity index (χ0) is 13.7. The molecule has 2 aliphatic carbocycles. The van der Waals surface area contributed by atoms with E-state index in [1.807, 2.05) is 6.07 Å². The first kappa shape index (κ1) is 12.3. The maximum atomic E-state index is 11.8. The van der Waals surface area contributed by atoms with Gasteiger partial charge in [-0.15, -0.1) is 0 Å². The van der Waals surface area contributed by atoms with Gasteiger partial charge in [-0.2, -0.15) is 0 Å². The van der Waals surface area contributed by atoms with Gasteiger partial charge in [-0.1, -0.05) is 0 Å². The number of ether oxygens (including phenoxy) is 1. The summed E-state index contributed by atoms with van der Waals surface area (Å²) < 4.78 is 4.83. The number of fused-ring (bicyclic) bond motifs is 1. The lowest BCUT2D eigenvalue weighted by Gasteiger charge is -2.18. The van der Waals surface area contributed by atoms with E-state index in [0.29, 0.717) is 11.6 Å². The molecule has 1 aromatic heterocycles. The summed E-state index contributed by atoms with van der Waals surface area (Å²) in [4.78, 5) is 18.8. The standard InChI is InChI=1S/C16H20N2O2/c1-20-16(19)14-7-10(6-13(17-14)11-2-3-11)9-18-5-4-12-8-15(12)18/h6-7,11-12,15H,2-5,8-9H2,1H3. The molecule has 0 spiro atoms. The van der Waals surface area contributed by atoms with E-state index in [0.717, 1.165) is 24.2 Å². The maximum absolute atomic E-state index is 11.8. The fourth-order valence-corrected chi connectivity index (χ4v) is 3.42. The predicted molar refractivity (Wildman–Crippen MR) is 74.5 cm³/mol. The van der Waals surface area contributed by atoms with Gasteiger partial charge in [-0.25, -0.2) is 9.78 Å². The molecular formula is C16H20N2O2. The fourth-order valence-electron chi connectivity index (χ4n) is 3.42.